The van der Waals surface area contributed by atoms with E-state index in [-0.39, 0.29) is 11.8 Å². The monoisotopic (exact) mass is 211 g/mol. The Labute approximate surface area is 89.7 Å². The van der Waals surface area contributed by atoms with Crippen LogP contribution in [-0.2, 0) is 9.59 Å². The SMILES string of the molecule is CC=C[C@@H](C)CC(=CC(=O)O)NC(C)=O. The van der Waals surface area contributed by atoms with Crippen molar-refractivity contribution in [3.05, 3.63) is 23.9 Å². The number of aliphatic carboxylic acids is 1. The fraction of sp³-hybridized carbons (Fsp3) is 0.455. The molecule has 0 saturated carbocycles. The smallest absolute Gasteiger partial charge is 0.330 e. The van der Waals surface area contributed by atoms with Crippen molar-refractivity contribution in [3.8, 4) is 0 Å². The molecule has 0 aromatic carbocycles. The number of hydrogen-bond donors (Lipinski definition) is 2. The number of hydrogen-bond acceptors (Lipinski definition) is 2. The molecule has 84 valence electrons. The zero-order chi connectivity index (χ0) is 11.8. The predicted octanol–water partition coefficient (Wildman–Crippen LogP) is 1.69. The number of rotatable bonds is 5. The highest BCUT2D eigenvalue weighted by molar-refractivity contribution is 5.83. The Morgan fingerprint density at radius 2 is 2.07 bits per heavy atom. The van der Waals surface area contributed by atoms with Gasteiger partial charge in [0.1, 0.15) is 0 Å². The second kappa shape index (κ2) is 6.81. The van der Waals surface area contributed by atoms with Gasteiger partial charge in [0.25, 0.3) is 0 Å². The molecule has 0 aromatic heterocycles. The van der Waals surface area contributed by atoms with Crippen molar-refractivity contribution in [1.82, 2.24) is 5.32 Å². The summed E-state index contributed by atoms with van der Waals surface area (Å²) in [7, 11) is 0. The van der Waals surface area contributed by atoms with Crippen molar-refractivity contribution >= 4 is 11.9 Å². The summed E-state index contributed by atoms with van der Waals surface area (Å²) >= 11 is 0. The second-order valence-electron chi connectivity index (χ2n) is 3.40. The Kier molecular flexibility index (Phi) is 6.09. The Hall–Kier alpha value is -1.58. The second-order valence-corrected chi connectivity index (χ2v) is 3.40. The van der Waals surface area contributed by atoms with Gasteiger partial charge in [-0.3, -0.25) is 4.79 Å². The van der Waals surface area contributed by atoms with E-state index in [2.05, 4.69) is 5.32 Å². The third-order valence-corrected chi connectivity index (χ3v) is 1.70. The summed E-state index contributed by atoms with van der Waals surface area (Å²) in [4.78, 5) is 21.3. The van der Waals surface area contributed by atoms with Gasteiger partial charge in [-0.25, -0.2) is 4.79 Å². The summed E-state index contributed by atoms with van der Waals surface area (Å²) in [6, 6.07) is 0. The fourth-order valence-electron chi connectivity index (χ4n) is 1.26. The number of carboxylic acid groups (broad SMARTS) is 1. The zero-order valence-electron chi connectivity index (χ0n) is 9.28. The van der Waals surface area contributed by atoms with Gasteiger partial charge in [0, 0.05) is 18.7 Å². The maximum absolute atomic E-state index is 10.8. The van der Waals surface area contributed by atoms with Gasteiger partial charge in [-0.05, 0) is 19.3 Å². The van der Waals surface area contributed by atoms with Crippen LogP contribution in [0.4, 0.5) is 0 Å². The first-order valence-electron chi connectivity index (χ1n) is 4.79. The quantitative estimate of drug-likeness (QED) is 0.537. The standard InChI is InChI=1S/C11H17NO3/c1-4-5-8(2)6-10(7-11(14)15)12-9(3)13/h4-5,7-8H,6H2,1-3H3,(H,12,13)(H,14,15)/t8-/m1/s1. The minimum Gasteiger partial charge on any atom is -0.478 e. The Bertz CT molecular complexity index is 292. The van der Waals surface area contributed by atoms with Crippen molar-refractivity contribution < 1.29 is 14.7 Å². The summed E-state index contributed by atoms with van der Waals surface area (Å²) < 4.78 is 0. The molecule has 1 atom stereocenters. The molecule has 0 spiro atoms. The Morgan fingerprint density at radius 3 is 2.47 bits per heavy atom. The van der Waals surface area contributed by atoms with E-state index in [0.29, 0.717) is 12.1 Å². The van der Waals surface area contributed by atoms with Crippen molar-refractivity contribution in [2.45, 2.75) is 27.2 Å². The molecule has 0 saturated heterocycles. The molecule has 0 aliphatic carbocycles. The lowest BCUT2D eigenvalue weighted by Crippen LogP contribution is -2.21. The van der Waals surface area contributed by atoms with Crippen LogP contribution in [-0.4, -0.2) is 17.0 Å². The van der Waals surface area contributed by atoms with E-state index in [9.17, 15) is 9.59 Å². The molecule has 4 heteroatoms. The fourth-order valence-corrected chi connectivity index (χ4v) is 1.26. The number of allylic oxidation sites excluding steroid dienone is 3. The van der Waals surface area contributed by atoms with Crippen LogP contribution in [0.25, 0.3) is 0 Å². The third kappa shape index (κ3) is 7.49. The molecule has 0 rings (SSSR count). The minimum absolute atomic E-state index is 0.201. The van der Waals surface area contributed by atoms with Crippen molar-refractivity contribution in [2.75, 3.05) is 0 Å². The van der Waals surface area contributed by atoms with Gasteiger partial charge in [-0.2, -0.15) is 0 Å². The molecule has 0 unspecified atom stereocenters. The van der Waals surface area contributed by atoms with Crippen molar-refractivity contribution in [2.24, 2.45) is 5.92 Å². The first-order valence-corrected chi connectivity index (χ1v) is 4.79. The molecular weight excluding hydrogens is 194 g/mol. The van der Waals surface area contributed by atoms with Gasteiger partial charge in [0.15, 0.2) is 0 Å². The number of carboxylic acids is 1. The van der Waals surface area contributed by atoms with Crippen LogP contribution in [0.3, 0.4) is 0 Å². The third-order valence-electron chi connectivity index (χ3n) is 1.70. The van der Waals surface area contributed by atoms with Crippen LogP contribution < -0.4 is 5.32 Å². The van der Waals surface area contributed by atoms with Crippen LogP contribution >= 0.6 is 0 Å². The lowest BCUT2D eigenvalue weighted by Gasteiger charge is -2.10. The molecule has 0 fully saturated rings. The maximum Gasteiger partial charge on any atom is 0.330 e. The minimum atomic E-state index is -1.05. The van der Waals surface area contributed by atoms with Gasteiger partial charge in [0.2, 0.25) is 5.91 Å². The molecule has 1 amide bonds. The van der Waals surface area contributed by atoms with E-state index in [1.807, 2.05) is 26.0 Å². The first-order chi connectivity index (χ1) is 6.95. The highest BCUT2D eigenvalue weighted by Gasteiger charge is 2.06. The molecule has 0 aliphatic heterocycles. The number of carbonyl (C=O) groups is 2. The molecule has 2 N–H and O–H groups in total. The highest BCUT2D eigenvalue weighted by Crippen LogP contribution is 2.10. The van der Waals surface area contributed by atoms with Crippen LogP contribution in [0.2, 0.25) is 0 Å². The predicted molar refractivity (Wildman–Crippen MR) is 58.1 cm³/mol. The van der Waals surface area contributed by atoms with Gasteiger partial charge < -0.3 is 10.4 Å². The van der Waals surface area contributed by atoms with Crippen molar-refractivity contribution in [3.63, 3.8) is 0 Å². The first kappa shape index (κ1) is 13.4. The van der Waals surface area contributed by atoms with Gasteiger partial charge >= 0.3 is 5.97 Å². The zero-order valence-corrected chi connectivity index (χ0v) is 9.28. The molecule has 4 nitrogen and oxygen atoms in total. The lowest BCUT2D eigenvalue weighted by atomic mass is 10.0. The molecule has 0 bridgehead atoms. The number of nitrogens with one attached hydrogen (secondary N) is 1. The Balaban J connectivity index is 4.51. The van der Waals surface area contributed by atoms with Gasteiger partial charge in [0.05, 0.1) is 0 Å². The highest BCUT2D eigenvalue weighted by atomic mass is 16.4. The van der Waals surface area contributed by atoms with E-state index in [1.165, 1.54) is 6.92 Å². The molecule has 0 heterocycles. The van der Waals surface area contributed by atoms with E-state index >= 15 is 0 Å². The summed E-state index contributed by atoms with van der Waals surface area (Å²) in [5.74, 6) is -1.10. The number of carbonyl (C=O) groups excluding carboxylic acids is 1. The number of amides is 1. The van der Waals surface area contributed by atoms with Crippen LogP contribution in [0.5, 0.6) is 0 Å². The maximum atomic E-state index is 10.8. The van der Waals surface area contributed by atoms with E-state index in [1.54, 1.807) is 0 Å². The summed E-state index contributed by atoms with van der Waals surface area (Å²) in [6.45, 7) is 5.21. The molecular formula is C11H17NO3. The van der Waals surface area contributed by atoms with Crippen LogP contribution in [0.1, 0.15) is 27.2 Å². The summed E-state index contributed by atoms with van der Waals surface area (Å²) in [6.07, 6.45) is 5.39. The average Bonchev–Trinajstić information content (AvgIpc) is 2.00. The summed E-state index contributed by atoms with van der Waals surface area (Å²) in [5.41, 5.74) is 0.431. The molecule has 0 aliphatic rings. The van der Waals surface area contributed by atoms with Crippen molar-refractivity contribution in [1.29, 1.82) is 0 Å². The van der Waals surface area contributed by atoms with E-state index < -0.39 is 5.97 Å². The van der Waals surface area contributed by atoms with E-state index in [4.69, 9.17) is 5.11 Å². The average molecular weight is 211 g/mol. The van der Waals surface area contributed by atoms with E-state index in [0.717, 1.165) is 6.08 Å². The largest absolute Gasteiger partial charge is 0.478 e. The molecule has 0 aromatic rings. The molecule has 15 heavy (non-hydrogen) atoms. The van der Waals surface area contributed by atoms with Gasteiger partial charge in [-0.15, -0.1) is 0 Å². The van der Waals surface area contributed by atoms with Crippen LogP contribution in [0, 0.1) is 5.92 Å². The van der Waals surface area contributed by atoms with Gasteiger partial charge in [-0.1, -0.05) is 19.1 Å². The normalized spacial score (nSPS) is 13.9. The van der Waals surface area contributed by atoms with Crippen LogP contribution in [0.15, 0.2) is 23.9 Å². The summed E-state index contributed by atoms with van der Waals surface area (Å²) in [5, 5.41) is 11.1. The topological polar surface area (TPSA) is 66.4 Å². The Morgan fingerprint density at radius 1 is 1.47 bits per heavy atom. The lowest BCUT2D eigenvalue weighted by molar-refractivity contribution is -0.131. The molecule has 0 radical (unpaired) electrons.